The zero-order chi connectivity index (χ0) is 23.2. The van der Waals surface area contributed by atoms with Crippen LogP contribution in [0.4, 0.5) is 0 Å². The van der Waals surface area contributed by atoms with E-state index in [4.69, 9.17) is 4.52 Å². The third kappa shape index (κ3) is 3.71. The SMILES string of the molecule is Cc1cc(C(=O)N2CC(c3cn(C(C)C)cn3)C3(CCN(Cc4ccncc4)C3=O)C2)no1. The number of nitrogens with zero attached hydrogens (tertiary/aromatic N) is 6. The average molecular weight is 449 g/mol. The van der Waals surface area contributed by atoms with Crippen LogP contribution in [0.5, 0.6) is 0 Å². The van der Waals surface area contributed by atoms with Crippen LogP contribution in [0.15, 0.2) is 47.6 Å². The Labute approximate surface area is 192 Å². The second-order valence-electron chi connectivity index (χ2n) is 9.39. The minimum absolute atomic E-state index is 0.0787. The first-order chi connectivity index (χ1) is 15.9. The van der Waals surface area contributed by atoms with E-state index >= 15 is 0 Å². The largest absolute Gasteiger partial charge is 0.361 e. The summed E-state index contributed by atoms with van der Waals surface area (Å²) in [7, 11) is 0. The van der Waals surface area contributed by atoms with E-state index in [9.17, 15) is 9.59 Å². The summed E-state index contributed by atoms with van der Waals surface area (Å²) >= 11 is 0. The van der Waals surface area contributed by atoms with E-state index in [0.717, 1.165) is 11.3 Å². The van der Waals surface area contributed by atoms with Crippen LogP contribution in [0.25, 0.3) is 0 Å². The molecule has 0 N–H and O–H groups in total. The summed E-state index contributed by atoms with van der Waals surface area (Å²) in [4.78, 5) is 39.5. The van der Waals surface area contributed by atoms with Crippen molar-refractivity contribution < 1.29 is 14.1 Å². The number of hydrogen-bond donors (Lipinski definition) is 0. The minimum atomic E-state index is -0.697. The number of amides is 2. The van der Waals surface area contributed by atoms with Crippen molar-refractivity contribution in [2.45, 2.75) is 45.7 Å². The molecule has 2 aliphatic heterocycles. The fourth-order valence-electron chi connectivity index (χ4n) is 5.07. The van der Waals surface area contributed by atoms with Crippen molar-refractivity contribution >= 4 is 11.8 Å². The molecule has 9 heteroatoms. The molecule has 0 aromatic carbocycles. The molecule has 0 saturated carbocycles. The first-order valence-electron chi connectivity index (χ1n) is 11.3. The Bertz CT molecular complexity index is 1170. The number of imidazole rings is 1. The number of pyridine rings is 1. The van der Waals surface area contributed by atoms with Gasteiger partial charge in [0.15, 0.2) is 5.69 Å². The zero-order valence-corrected chi connectivity index (χ0v) is 19.1. The molecule has 2 unspecified atom stereocenters. The monoisotopic (exact) mass is 448 g/mol. The molecule has 0 radical (unpaired) electrons. The van der Waals surface area contributed by atoms with Crippen LogP contribution in [-0.2, 0) is 11.3 Å². The van der Waals surface area contributed by atoms with Crippen LogP contribution in [-0.4, -0.2) is 60.9 Å². The number of aryl methyl sites for hydroxylation is 1. The molecular weight excluding hydrogens is 420 g/mol. The molecule has 2 aliphatic rings. The quantitative estimate of drug-likeness (QED) is 0.595. The highest BCUT2D eigenvalue weighted by atomic mass is 16.5. The van der Waals surface area contributed by atoms with Gasteiger partial charge in [-0.15, -0.1) is 0 Å². The first kappa shape index (κ1) is 21.4. The summed E-state index contributed by atoms with van der Waals surface area (Å²) in [5.74, 6) is 0.275. The molecule has 172 valence electrons. The lowest BCUT2D eigenvalue weighted by Gasteiger charge is -2.27. The predicted octanol–water partition coefficient (Wildman–Crippen LogP) is 2.81. The van der Waals surface area contributed by atoms with Gasteiger partial charge in [-0.3, -0.25) is 14.6 Å². The summed E-state index contributed by atoms with van der Waals surface area (Å²) in [6.45, 7) is 7.90. The van der Waals surface area contributed by atoms with E-state index in [1.807, 2.05) is 34.1 Å². The number of hydrogen-bond acceptors (Lipinski definition) is 6. The molecule has 0 aliphatic carbocycles. The van der Waals surface area contributed by atoms with Crippen LogP contribution in [0, 0.1) is 12.3 Å². The Hall–Kier alpha value is -3.49. The highest BCUT2D eigenvalue weighted by Gasteiger charge is 2.58. The van der Waals surface area contributed by atoms with Crippen molar-refractivity contribution in [3.8, 4) is 0 Å². The standard InChI is InChI=1S/C24H28N6O3/c1-16(2)30-13-21(26-15-30)19-12-29(22(31)20-10-17(3)33-27-20)14-24(19)6-9-28(23(24)32)11-18-4-7-25-8-5-18/h4-5,7-8,10,13,15-16,19H,6,9,11-12,14H2,1-3H3. The van der Waals surface area contributed by atoms with Crippen LogP contribution in [0.1, 0.15) is 59.7 Å². The van der Waals surface area contributed by atoms with Crippen molar-refractivity contribution in [3.63, 3.8) is 0 Å². The highest BCUT2D eigenvalue weighted by Crippen LogP contribution is 2.50. The second-order valence-corrected chi connectivity index (χ2v) is 9.39. The molecule has 5 rings (SSSR count). The summed E-state index contributed by atoms with van der Waals surface area (Å²) in [5, 5.41) is 3.90. The molecular formula is C24H28N6O3. The zero-order valence-electron chi connectivity index (χ0n) is 19.1. The van der Waals surface area contributed by atoms with E-state index in [2.05, 4.69) is 29.0 Å². The van der Waals surface area contributed by atoms with Gasteiger partial charge in [0.1, 0.15) is 5.76 Å². The molecule has 3 aromatic heterocycles. The lowest BCUT2D eigenvalue weighted by Crippen LogP contribution is -2.40. The second kappa shape index (κ2) is 8.13. The van der Waals surface area contributed by atoms with E-state index in [1.54, 1.807) is 30.3 Å². The number of rotatable bonds is 5. The van der Waals surface area contributed by atoms with Gasteiger partial charge in [0.25, 0.3) is 5.91 Å². The van der Waals surface area contributed by atoms with Crippen LogP contribution in [0.3, 0.4) is 0 Å². The average Bonchev–Trinajstić information content (AvgIpc) is 3.58. The summed E-state index contributed by atoms with van der Waals surface area (Å²) < 4.78 is 7.16. The lowest BCUT2D eigenvalue weighted by molar-refractivity contribution is -0.136. The molecule has 33 heavy (non-hydrogen) atoms. The maximum atomic E-state index is 13.9. The van der Waals surface area contributed by atoms with Crippen LogP contribution < -0.4 is 0 Å². The minimum Gasteiger partial charge on any atom is -0.361 e. The van der Waals surface area contributed by atoms with E-state index in [-0.39, 0.29) is 29.5 Å². The molecule has 2 fully saturated rings. The molecule has 3 aromatic rings. The maximum absolute atomic E-state index is 13.9. The Morgan fingerprint density at radius 2 is 2.09 bits per heavy atom. The highest BCUT2D eigenvalue weighted by molar-refractivity contribution is 5.94. The summed E-state index contributed by atoms with van der Waals surface area (Å²) in [6.07, 6.45) is 7.99. The topological polar surface area (TPSA) is 97.4 Å². The molecule has 2 saturated heterocycles. The normalized spacial score (nSPS) is 22.8. The van der Waals surface area contributed by atoms with Crippen molar-refractivity contribution in [1.82, 2.24) is 29.5 Å². The molecule has 2 amide bonds. The number of likely N-dealkylation sites (tertiary alicyclic amines) is 2. The Morgan fingerprint density at radius 3 is 2.76 bits per heavy atom. The molecule has 9 nitrogen and oxygen atoms in total. The third-order valence-corrected chi connectivity index (χ3v) is 6.92. The van der Waals surface area contributed by atoms with E-state index < -0.39 is 5.41 Å². The maximum Gasteiger partial charge on any atom is 0.276 e. The number of aromatic nitrogens is 4. The Balaban J connectivity index is 1.47. The lowest BCUT2D eigenvalue weighted by atomic mass is 9.75. The first-order valence-corrected chi connectivity index (χ1v) is 11.3. The van der Waals surface area contributed by atoms with E-state index in [1.165, 1.54) is 0 Å². The molecule has 1 spiro atoms. The number of carbonyl (C=O) groups is 2. The molecule has 5 heterocycles. The smallest absolute Gasteiger partial charge is 0.276 e. The van der Waals surface area contributed by atoms with Gasteiger partial charge in [-0.2, -0.15) is 0 Å². The van der Waals surface area contributed by atoms with E-state index in [0.29, 0.717) is 38.4 Å². The van der Waals surface area contributed by atoms with Gasteiger partial charge in [0.05, 0.1) is 17.4 Å². The fraction of sp³-hybridized carbons (Fsp3) is 0.458. The van der Waals surface area contributed by atoms with Crippen molar-refractivity contribution in [2.24, 2.45) is 5.41 Å². The summed E-state index contributed by atoms with van der Waals surface area (Å²) in [5.41, 5.74) is 1.47. The van der Waals surface area contributed by atoms with Gasteiger partial charge in [0, 0.05) is 62.8 Å². The Morgan fingerprint density at radius 1 is 1.30 bits per heavy atom. The van der Waals surface area contributed by atoms with Gasteiger partial charge in [-0.1, -0.05) is 5.16 Å². The van der Waals surface area contributed by atoms with Gasteiger partial charge in [-0.25, -0.2) is 4.98 Å². The summed E-state index contributed by atoms with van der Waals surface area (Å²) in [6, 6.07) is 5.76. The van der Waals surface area contributed by atoms with Crippen molar-refractivity contribution in [1.29, 1.82) is 0 Å². The van der Waals surface area contributed by atoms with Gasteiger partial charge in [-0.05, 0) is 44.9 Å². The van der Waals surface area contributed by atoms with Crippen LogP contribution in [0.2, 0.25) is 0 Å². The van der Waals surface area contributed by atoms with Crippen LogP contribution >= 0.6 is 0 Å². The fourth-order valence-corrected chi connectivity index (χ4v) is 5.07. The van der Waals surface area contributed by atoms with Gasteiger partial charge >= 0.3 is 0 Å². The third-order valence-electron chi connectivity index (χ3n) is 6.92. The predicted molar refractivity (Wildman–Crippen MR) is 119 cm³/mol. The van der Waals surface area contributed by atoms with Gasteiger partial charge < -0.3 is 18.9 Å². The Kier molecular flexibility index (Phi) is 5.26. The molecule has 2 atom stereocenters. The van der Waals surface area contributed by atoms with Crippen molar-refractivity contribution in [3.05, 3.63) is 65.8 Å². The van der Waals surface area contributed by atoms with Crippen molar-refractivity contribution in [2.75, 3.05) is 19.6 Å². The number of carbonyl (C=O) groups excluding carboxylic acids is 2. The molecule has 0 bridgehead atoms. The van der Waals surface area contributed by atoms with Gasteiger partial charge in [0.2, 0.25) is 5.91 Å².